The van der Waals surface area contributed by atoms with Gasteiger partial charge in [0.25, 0.3) is 5.91 Å². The third-order valence-electron chi connectivity index (χ3n) is 4.70. The van der Waals surface area contributed by atoms with Crippen LogP contribution in [0, 0.1) is 6.92 Å². The molecule has 0 heterocycles. The van der Waals surface area contributed by atoms with E-state index in [1.807, 2.05) is 43.3 Å². The lowest BCUT2D eigenvalue weighted by Crippen LogP contribution is -2.22. The van der Waals surface area contributed by atoms with Gasteiger partial charge in [-0.2, -0.15) is 0 Å². The number of carbonyl (C=O) groups is 1. The van der Waals surface area contributed by atoms with Crippen LogP contribution in [0.25, 0.3) is 11.1 Å². The largest absolute Gasteiger partial charge is 0.495 e. The lowest BCUT2D eigenvalue weighted by molar-refractivity contribution is 0.102. The van der Waals surface area contributed by atoms with Crippen molar-refractivity contribution in [1.29, 1.82) is 0 Å². The monoisotopic (exact) mass is 424 g/mol. The zero-order valence-electron chi connectivity index (χ0n) is 17.3. The molecule has 3 aromatic carbocycles. The van der Waals surface area contributed by atoms with Gasteiger partial charge in [0.05, 0.1) is 17.7 Å². The van der Waals surface area contributed by atoms with Crippen molar-refractivity contribution >= 4 is 21.6 Å². The Kier molecular flexibility index (Phi) is 6.24. The van der Waals surface area contributed by atoms with E-state index in [1.165, 1.54) is 39.4 Å². The van der Waals surface area contributed by atoms with Crippen LogP contribution < -0.4 is 10.1 Å². The van der Waals surface area contributed by atoms with Gasteiger partial charge >= 0.3 is 0 Å². The van der Waals surface area contributed by atoms with Crippen molar-refractivity contribution in [2.24, 2.45) is 0 Å². The number of hydrogen-bond donors (Lipinski definition) is 1. The summed E-state index contributed by atoms with van der Waals surface area (Å²) in [5, 5.41) is 2.81. The minimum Gasteiger partial charge on any atom is -0.495 e. The number of nitrogens with one attached hydrogen (secondary N) is 1. The third-order valence-corrected chi connectivity index (χ3v) is 6.51. The molecule has 0 atom stereocenters. The minimum atomic E-state index is -3.65. The maximum atomic E-state index is 13.1. The molecule has 156 valence electrons. The lowest BCUT2D eigenvalue weighted by atomic mass is 9.98. The Balaban J connectivity index is 2.01. The van der Waals surface area contributed by atoms with Crippen LogP contribution in [-0.4, -0.2) is 39.8 Å². The van der Waals surface area contributed by atoms with Gasteiger partial charge in [0, 0.05) is 19.7 Å². The Morgan fingerprint density at radius 1 is 0.967 bits per heavy atom. The molecule has 0 bridgehead atoms. The molecule has 0 unspecified atom stereocenters. The fraction of sp³-hybridized carbons (Fsp3) is 0.174. The van der Waals surface area contributed by atoms with Crippen molar-refractivity contribution in [2.75, 3.05) is 26.5 Å². The van der Waals surface area contributed by atoms with Gasteiger partial charge in [0.1, 0.15) is 5.75 Å². The fourth-order valence-electron chi connectivity index (χ4n) is 3.09. The van der Waals surface area contributed by atoms with Gasteiger partial charge in [-0.1, -0.05) is 48.0 Å². The molecule has 0 fully saturated rings. The Morgan fingerprint density at radius 2 is 1.70 bits per heavy atom. The maximum Gasteiger partial charge on any atom is 0.256 e. The lowest BCUT2D eigenvalue weighted by Gasteiger charge is -2.16. The molecule has 6 nitrogen and oxygen atoms in total. The number of ether oxygens (including phenoxy) is 1. The van der Waals surface area contributed by atoms with E-state index in [2.05, 4.69) is 5.32 Å². The summed E-state index contributed by atoms with van der Waals surface area (Å²) in [6.07, 6.45) is 0. The molecule has 7 heteroatoms. The Labute approximate surface area is 177 Å². The number of benzene rings is 3. The molecule has 0 aliphatic rings. The summed E-state index contributed by atoms with van der Waals surface area (Å²) in [5.41, 5.74) is 3.56. The number of hydrogen-bond acceptors (Lipinski definition) is 4. The van der Waals surface area contributed by atoms with Crippen molar-refractivity contribution < 1.29 is 17.9 Å². The first-order chi connectivity index (χ1) is 14.2. The number of nitrogens with zero attached hydrogens (tertiary/aromatic N) is 1. The van der Waals surface area contributed by atoms with Crippen LogP contribution in [0.1, 0.15) is 15.9 Å². The predicted octanol–water partition coefficient (Wildman–Crippen LogP) is 4.17. The molecule has 3 aromatic rings. The molecule has 0 spiro atoms. The summed E-state index contributed by atoms with van der Waals surface area (Å²) in [5.74, 6) is 0.0129. The van der Waals surface area contributed by atoms with E-state index in [1.54, 1.807) is 12.1 Å². The van der Waals surface area contributed by atoms with E-state index in [9.17, 15) is 13.2 Å². The molecule has 1 N–H and O–H groups in total. The quantitative estimate of drug-likeness (QED) is 0.644. The smallest absolute Gasteiger partial charge is 0.256 e. The first kappa shape index (κ1) is 21.5. The highest BCUT2D eigenvalue weighted by atomic mass is 32.2. The number of carbonyl (C=O) groups excluding carboxylic acids is 1. The summed E-state index contributed by atoms with van der Waals surface area (Å²) < 4.78 is 31.4. The summed E-state index contributed by atoms with van der Waals surface area (Å²) >= 11 is 0. The molecular formula is C23H24N2O4S. The zero-order valence-corrected chi connectivity index (χ0v) is 18.2. The van der Waals surface area contributed by atoms with Gasteiger partial charge in [0.15, 0.2) is 0 Å². The second kappa shape index (κ2) is 8.69. The highest BCUT2D eigenvalue weighted by Crippen LogP contribution is 2.30. The summed E-state index contributed by atoms with van der Waals surface area (Å²) in [6, 6.07) is 19.6. The Hall–Kier alpha value is -3.16. The third kappa shape index (κ3) is 4.37. The van der Waals surface area contributed by atoms with Crippen LogP contribution in [0.15, 0.2) is 71.6 Å². The molecule has 0 saturated carbocycles. The molecule has 0 aromatic heterocycles. The average Bonchev–Trinajstić information content (AvgIpc) is 2.73. The van der Waals surface area contributed by atoms with E-state index in [-0.39, 0.29) is 16.5 Å². The van der Waals surface area contributed by atoms with Crippen molar-refractivity contribution in [2.45, 2.75) is 11.8 Å². The number of sulfonamides is 1. The van der Waals surface area contributed by atoms with Gasteiger partial charge < -0.3 is 10.1 Å². The normalized spacial score (nSPS) is 11.4. The van der Waals surface area contributed by atoms with Gasteiger partial charge in [0.2, 0.25) is 10.0 Å². The van der Waals surface area contributed by atoms with E-state index in [4.69, 9.17) is 4.74 Å². The standard InChI is InChI=1S/C23H24N2O4S/c1-16-8-7-9-17(14-16)19-10-5-6-11-20(19)23(26)24-21-15-18(12-13-22(21)29-4)30(27,28)25(2)3/h5-15H,1-4H3,(H,24,26). The topological polar surface area (TPSA) is 75.7 Å². The summed E-state index contributed by atoms with van der Waals surface area (Å²) in [7, 11) is 0.718. The maximum absolute atomic E-state index is 13.1. The minimum absolute atomic E-state index is 0.0653. The van der Waals surface area contributed by atoms with Crippen LogP contribution >= 0.6 is 0 Å². The van der Waals surface area contributed by atoms with Crippen LogP contribution in [0.4, 0.5) is 5.69 Å². The number of rotatable bonds is 6. The second-order valence-electron chi connectivity index (χ2n) is 7.02. The van der Waals surface area contributed by atoms with Crippen LogP contribution in [0.2, 0.25) is 0 Å². The molecule has 0 saturated heterocycles. The van der Waals surface area contributed by atoms with E-state index in [0.717, 1.165) is 21.0 Å². The number of amides is 1. The molecule has 30 heavy (non-hydrogen) atoms. The van der Waals surface area contributed by atoms with Crippen molar-refractivity contribution in [3.05, 3.63) is 77.9 Å². The van der Waals surface area contributed by atoms with Gasteiger partial charge in [-0.3, -0.25) is 4.79 Å². The van der Waals surface area contributed by atoms with Crippen LogP contribution in [0.3, 0.4) is 0 Å². The zero-order chi connectivity index (χ0) is 21.9. The van der Waals surface area contributed by atoms with Crippen molar-refractivity contribution in [3.8, 4) is 16.9 Å². The SMILES string of the molecule is COc1ccc(S(=O)(=O)N(C)C)cc1NC(=O)c1ccccc1-c1cccc(C)c1. The van der Waals surface area contributed by atoms with Crippen LogP contribution in [-0.2, 0) is 10.0 Å². The molecule has 0 aliphatic heterocycles. The summed E-state index contributed by atoms with van der Waals surface area (Å²) in [6.45, 7) is 1.99. The summed E-state index contributed by atoms with van der Waals surface area (Å²) in [4.78, 5) is 13.2. The van der Waals surface area contributed by atoms with E-state index >= 15 is 0 Å². The Morgan fingerprint density at radius 3 is 2.37 bits per heavy atom. The average molecular weight is 425 g/mol. The highest BCUT2D eigenvalue weighted by molar-refractivity contribution is 7.89. The fourth-order valence-corrected chi connectivity index (χ4v) is 4.02. The molecule has 0 radical (unpaired) electrons. The molecule has 3 rings (SSSR count). The Bertz CT molecular complexity index is 1190. The van der Waals surface area contributed by atoms with Crippen molar-refractivity contribution in [3.63, 3.8) is 0 Å². The first-order valence-corrected chi connectivity index (χ1v) is 10.8. The number of methoxy groups -OCH3 is 1. The highest BCUT2D eigenvalue weighted by Gasteiger charge is 2.21. The van der Waals surface area contributed by atoms with Gasteiger partial charge in [-0.05, 0) is 42.3 Å². The van der Waals surface area contributed by atoms with E-state index in [0.29, 0.717) is 11.3 Å². The first-order valence-electron chi connectivity index (χ1n) is 9.32. The predicted molar refractivity (Wildman–Crippen MR) is 118 cm³/mol. The number of anilines is 1. The van der Waals surface area contributed by atoms with Crippen molar-refractivity contribution in [1.82, 2.24) is 4.31 Å². The van der Waals surface area contributed by atoms with E-state index < -0.39 is 10.0 Å². The molecular weight excluding hydrogens is 400 g/mol. The van der Waals surface area contributed by atoms with Gasteiger partial charge in [-0.15, -0.1) is 0 Å². The van der Waals surface area contributed by atoms with Gasteiger partial charge in [-0.25, -0.2) is 12.7 Å². The second-order valence-corrected chi connectivity index (χ2v) is 9.17. The van der Waals surface area contributed by atoms with Crippen LogP contribution in [0.5, 0.6) is 5.75 Å². The molecule has 0 aliphatic carbocycles. The number of aryl methyl sites for hydroxylation is 1. The molecule has 1 amide bonds.